The van der Waals surface area contributed by atoms with Crippen molar-refractivity contribution in [2.45, 2.75) is 26.5 Å². The highest BCUT2D eigenvalue weighted by molar-refractivity contribution is 6.35. The topological polar surface area (TPSA) is 21.3 Å². The van der Waals surface area contributed by atoms with Crippen molar-refractivity contribution in [3.63, 3.8) is 0 Å². The van der Waals surface area contributed by atoms with Crippen molar-refractivity contribution in [3.05, 3.63) is 111 Å². The Kier molecular flexibility index (Phi) is 7.14. The Hall–Kier alpha value is -2.52. The van der Waals surface area contributed by atoms with E-state index in [2.05, 4.69) is 72.9 Å². The van der Waals surface area contributed by atoms with E-state index in [0.29, 0.717) is 16.7 Å². The fourth-order valence-electron chi connectivity index (χ4n) is 3.64. The zero-order valence-electron chi connectivity index (χ0n) is 17.5. The molecular weight excluding hydrogens is 425 g/mol. The summed E-state index contributed by atoms with van der Waals surface area (Å²) in [6, 6.07) is 26.7. The molecular formula is C27H25Cl2NO. The minimum absolute atomic E-state index is 0.548. The zero-order valence-corrected chi connectivity index (χ0v) is 19.0. The van der Waals surface area contributed by atoms with Crippen molar-refractivity contribution in [1.29, 1.82) is 0 Å². The van der Waals surface area contributed by atoms with Crippen molar-refractivity contribution >= 4 is 34.0 Å². The molecule has 0 bridgehead atoms. The first-order valence-corrected chi connectivity index (χ1v) is 11.2. The van der Waals surface area contributed by atoms with Gasteiger partial charge in [-0.2, -0.15) is 0 Å². The number of benzene rings is 4. The fraction of sp³-hybridized carbons (Fsp3) is 0.185. The van der Waals surface area contributed by atoms with Crippen LogP contribution in [0, 0.1) is 6.92 Å². The van der Waals surface area contributed by atoms with Gasteiger partial charge in [-0.25, -0.2) is 0 Å². The standard InChI is InChI=1S/C27H25Cl2NO/c1-19-6-8-20(9-7-19)18-31-27-13-11-21-4-2-3-5-24(21)25(27)17-30-15-14-22-10-12-23(28)16-26(22)29/h2-13,16,30H,14-15,17-18H2,1H3. The lowest BCUT2D eigenvalue weighted by Crippen LogP contribution is -2.17. The Balaban J connectivity index is 1.47. The summed E-state index contributed by atoms with van der Waals surface area (Å²) < 4.78 is 6.24. The molecule has 0 amide bonds. The molecule has 0 atom stereocenters. The zero-order chi connectivity index (χ0) is 21.6. The lowest BCUT2D eigenvalue weighted by Gasteiger charge is -2.15. The number of nitrogens with one attached hydrogen (secondary N) is 1. The van der Waals surface area contributed by atoms with Crippen LogP contribution in [0.3, 0.4) is 0 Å². The van der Waals surface area contributed by atoms with E-state index in [1.165, 1.54) is 21.9 Å². The van der Waals surface area contributed by atoms with Gasteiger partial charge in [-0.1, -0.05) is 89.4 Å². The van der Waals surface area contributed by atoms with Crippen LogP contribution in [0.25, 0.3) is 10.8 Å². The molecule has 0 unspecified atom stereocenters. The number of halogens is 2. The fourth-order valence-corrected chi connectivity index (χ4v) is 4.14. The first-order chi connectivity index (χ1) is 15.1. The van der Waals surface area contributed by atoms with Crippen molar-refractivity contribution in [3.8, 4) is 5.75 Å². The van der Waals surface area contributed by atoms with E-state index in [4.69, 9.17) is 27.9 Å². The Bertz CT molecular complexity index is 1170. The number of rotatable bonds is 8. The summed E-state index contributed by atoms with van der Waals surface area (Å²) in [6.45, 7) is 4.17. The molecule has 1 N–H and O–H groups in total. The van der Waals surface area contributed by atoms with Crippen LogP contribution in [-0.4, -0.2) is 6.54 Å². The summed E-state index contributed by atoms with van der Waals surface area (Å²) in [4.78, 5) is 0. The molecule has 0 heterocycles. The molecule has 2 nitrogen and oxygen atoms in total. The summed E-state index contributed by atoms with van der Waals surface area (Å²) in [5.74, 6) is 0.913. The van der Waals surface area contributed by atoms with Crippen molar-refractivity contribution < 1.29 is 4.74 Å². The summed E-state index contributed by atoms with van der Waals surface area (Å²) >= 11 is 12.3. The molecule has 4 aromatic carbocycles. The lowest BCUT2D eigenvalue weighted by atomic mass is 10.0. The number of fused-ring (bicyclic) bond motifs is 1. The number of hydrogen-bond donors (Lipinski definition) is 1. The number of hydrogen-bond acceptors (Lipinski definition) is 2. The van der Waals surface area contributed by atoms with Gasteiger partial charge in [0.2, 0.25) is 0 Å². The molecule has 4 heteroatoms. The molecule has 0 radical (unpaired) electrons. The predicted molar refractivity (Wildman–Crippen MR) is 131 cm³/mol. The van der Waals surface area contributed by atoms with E-state index in [-0.39, 0.29) is 0 Å². The number of aryl methyl sites for hydroxylation is 1. The first-order valence-electron chi connectivity index (χ1n) is 10.4. The van der Waals surface area contributed by atoms with Crippen molar-refractivity contribution in [1.82, 2.24) is 5.32 Å². The molecule has 0 saturated heterocycles. The van der Waals surface area contributed by atoms with E-state index in [9.17, 15) is 0 Å². The molecule has 0 fully saturated rings. The molecule has 0 spiro atoms. The highest BCUT2D eigenvalue weighted by Gasteiger charge is 2.10. The van der Waals surface area contributed by atoms with E-state index < -0.39 is 0 Å². The van der Waals surface area contributed by atoms with Gasteiger partial charge in [0.1, 0.15) is 12.4 Å². The van der Waals surface area contributed by atoms with Gasteiger partial charge in [0.05, 0.1) is 0 Å². The van der Waals surface area contributed by atoms with Crippen LogP contribution in [0.2, 0.25) is 10.0 Å². The van der Waals surface area contributed by atoms with Gasteiger partial charge in [-0.15, -0.1) is 0 Å². The molecule has 0 aromatic heterocycles. The number of ether oxygens (including phenoxy) is 1. The second-order valence-corrected chi connectivity index (χ2v) is 8.54. The van der Waals surface area contributed by atoms with Crippen molar-refractivity contribution in [2.24, 2.45) is 0 Å². The van der Waals surface area contributed by atoms with E-state index in [1.54, 1.807) is 6.07 Å². The summed E-state index contributed by atoms with van der Waals surface area (Å²) in [5, 5.41) is 7.35. The Morgan fingerprint density at radius 3 is 2.48 bits per heavy atom. The maximum absolute atomic E-state index is 6.31. The minimum atomic E-state index is 0.548. The first kappa shape index (κ1) is 21.7. The van der Waals surface area contributed by atoms with E-state index in [0.717, 1.165) is 36.4 Å². The second kappa shape index (κ2) is 10.2. The van der Waals surface area contributed by atoms with Crippen LogP contribution in [0.1, 0.15) is 22.3 Å². The summed E-state index contributed by atoms with van der Waals surface area (Å²) in [6.07, 6.45) is 0.834. The lowest BCUT2D eigenvalue weighted by molar-refractivity contribution is 0.303. The van der Waals surface area contributed by atoms with Crippen LogP contribution >= 0.6 is 23.2 Å². The van der Waals surface area contributed by atoms with Gasteiger partial charge in [0, 0.05) is 22.2 Å². The van der Waals surface area contributed by atoms with Gasteiger partial charge < -0.3 is 10.1 Å². The maximum atomic E-state index is 6.31. The normalized spacial score (nSPS) is 11.1. The van der Waals surface area contributed by atoms with Crippen LogP contribution in [0.5, 0.6) is 5.75 Å². The maximum Gasteiger partial charge on any atom is 0.124 e. The monoisotopic (exact) mass is 449 g/mol. The van der Waals surface area contributed by atoms with E-state index in [1.807, 2.05) is 12.1 Å². The Morgan fingerprint density at radius 1 is 0.871 bits per heavy atom. The predicted octanol–water partition coefficient (Wildman–Crippen LogP) is 7.37. The third kappa shape index (κ3) is 5.59. The quantitative estimate of drug-likeness (QED) is 0.283. The smallest absolute Gasteiger partial charge is 0.124 e. The third-order valence-electron chi connectivity index (χ3n) is 5.40. The molecule has 0 aliphatic carbocycles. The minimum Gasteiger partial charge on any atom is -0.489 e. The van der Waals surface area contributed by atoms with Crippen molar-refractivity contribution in [2.75, 3.05) is 6.54 Å². The highest BCUT2D eigenvalue weighted by Crippen LogP contribution is 2.29. The summed E-state index contributed by atoms with van der Waals surface area (Å²) in [7, 11) is 0. The third-order valence-corrected chi connectivity index (χ3v) is 5.99. The van der Waals surface area contributed by atoms with Crippen LogP contribution in [-0.2, 0) is 19.6 Å². The van der Waals surface area contributed by atoms with Gasteiger partial charge in [-0.3, -0.25) is 0 Å². The molecule has 4 rings (SSSR count). The molecule has 4 aromatic rings. The SMILES string of the molecule is Cc1ccc(COc2ccc3ccccc3c2CNCCc2ccc(Cl)cc2Cl)cc1. The Morgan fingerprint density at radius 2 is 1.68 bits per heavy atom. The van der Waals surface area contributed by atoms with Gasteiger partial charge in [0.25, 0.3) is 0 Å². The molecule has 0 saturated carbocycles. The molecule has 31 heavy (non-hydrogen) atoms. The highest BCUT2D eigenvalue weighted by atomic mass is 35.5. The Labute approximate surface area is 193 Å². The van der Waals surface area contributed by atoms with Crippen LogP contribution < -0.4 is 10.1 Å². The summed E-state index contributed by atoms with van der Waals surface area (Å²) in [5.41, 5.74) is 4.68. The van der Waals surface area contributed by atoms with Gasteiger partial charge in [-0.05, 0) is 60.0 Å². The average Bonchev–Trinajstić information content (AvgIpc) is 2.78. The van der Waals surface area contributed by atoms with E-state index >= 15 is 0 Å². The van der Waals surface area contributed by atoms with Gasteiger partial charge in [0.15, 0.2) is 0 Å². The van der Waals surface area contributed by atoms with Gasteiger partial charge >= 0.3 is 0 Å². The molecule has 158 valence electrons. The van der Waals surface area contributed by atoms with Crippen LogP contribution in [0.15, 0.2) is 78.9 Å². The molecule has 0 aliphatic heterocycles. The second-order valence-electron chi connectivity index (χ2n) is 7.70. The molecule has 0 aliphatic rings. The van der Waals surface area contributed by atoms with Crippen LogP contribution in [0.4, 0.5) is 0 Å². The largest absolute Gasteiger partial charge is 0.489 e. The average molecular weight is 450 g/mol.